The van der Waals surface area contributed by atoms with E-state index in [0.29, 0.717) is 17.1 Å². The molecule has 0 heterocycles. The van der Waals surface area contributed by atoms with Crippen molar-refractivity contribution in [2.75, 3.05) is 16.6 Å². The Morgan fingerprint density at radius 2 is 1.72 bits per heavy atom. The molecule has 0 unspecified atom stereocenters. The van der Waals surface area contributed by atoms with Gasteiger partial charge in [-0.3, -0.25) is 14.3 Å². The molecule has 132 valence electrons. The number of nitrogens with one attached hydrogen (secondary N) is 2. The lowest BCUT2D eigenvalue weighted by Gasteiger charge is -2.10. The van der Waals surface area contributed by atoms with E-state index in [1.165, 1.54) is 37.3 Å². The fourth-order valence-electron chi connectivity index (χ4n) is 1.95. The number of amides is 2. The minimum Gasteiger partial charge on any atom is -0.484 e. The number of hydrogen-bond donors (Lipinski definition) is 3. The topological polar surface area (TPSA) is 128 Å². The van der Waals surface area contributed by atoms with E-state index in [4.69, 9.17) is 10.5 Å². The van der Waals surface area contributed by atoms with E-state index in [0.717, 1.165) is 0 Å². The van der Waals surface area contributed by atoms with E-state index in [1.54, 1.807) is 18.2 Å². The quantitative estimate of drug-likeness (QED) is 0.683. The molecular formula is C16H17N3O5S. The van der Waals surface area contributed by atoms with Crippen LogP contribution in [0.3, 0.4) is 0 Å². The molecule has 8 nitrogen and oxygen atoms in total. The lowest BCUT2D eigenvalue weighted by atomic mass is 10.3. The van der Waals surface area contributed by atoms with E-state index < -0.39 is 15.9 Å². The van der Waals surface area contributed by atoms with Gasteiger partial charge in [-0.1, -0.05) is 6.07 Å². The van der Waals surface area contributed by atoms with Crippen LogP contribution < -0.4 is 20.5 Å². The highest BCUT2D eigenvalue weighted by Crippen LogP contribution is 2.21. The molecule has 2 rings (SSSR count). The molecule has 4 N–H and O–H groups in total. The van der Waals surface area contributed by atoms with E-state index in [-0.39, 0.29) is 17.4 Å². The van der Waals surface area contributed by atoms with Crippen LogP contribution in [-0.4, -0.2) is 26.8 Å². The summed E-state index contributed by atoms with van der Waals surface area (Å²) in [5.41, 5.74) is 5.75. The van der Waals surface area contributed by atoms with Crippen molar-refractivity contribution < 1.29 is 22.7 Å². The molecule has 0 aromatic heterocycles. The van der Waals surface area contributed by atoms with Crippen molar-refractivity contribution in [3.63, 3.8) is 0 Å². The number of rotatable bonds is 7. The van der Waals surface area contributed by atoms with Crippen LogP contribution in [0.4, 0.5) is 11.4 Å². The Kier molecular flexibility index (Phi) is 5.60. The monoisotopic (exact) mass is 363 g/mol. The number of benzene rings is 2. The molecule has 0 aliphatic rings. The van der Waals surface area contributed by atoms with Gasteiger partial charge in [0.1, 0.15) is 5.75 Å². The van der Waals surface area contributed by atoms with Gasteiger partial charge in [0.15, 0.2) is 6.61 Å². The Morgan fingerprint density at radius 3 is 2.32 bits per heavy atom. The summed E-state index contributed by atoms with van der Waals surface area (Å²) in [6.45, 7) is 1.07. The second-order valence-corrected chi connectivity index (χ2v) is 6.78. The third kappa shape index (κ3) is 5.50. The number of carbonyl (C=O) groups excluding carboxylic acids is 2. The number of ether oxygens (including phenoxy) is 1. The number of carbonyl (C=O) groups is 2. The summed E-state index contributed by atoms with van der Waals surface area (Å²) in [4.78, 5) is 21.7. The molecule has 0 saturated heterocycles. The number of nitrogens with two attached hydrogens (primary N) is 1. The molecule has 2 aromatic rings. The van der Waals surface area contributed by atoms with Crippen LogP contribution in [0.1, 0.15) is 6.92 Å². The van der Waals surface area contributed by atoms with Crippen LogP contribution >= 0.6 is 0 Å². The molecule has 0 atom stereocenters. The lowest BCUT2D eigenvalue weighted by Crippen LogP contribution is -2.20. The highest BCUT2D eigenvalue weighted by atomic mass is 32.2. The van der Waals surface area contributed by atoms with E-state index in [2.05, 4.69) is 10.0 Å². The molecule has 9 heteroatoms. The smallest absolute Gasteiger partial charge is 0.261 e. The molecule has 0 aliphatic heterocycles. The highest BCUT2D eigenvalue weighted by molar-refractivity contribution is 7.92. The SMILES string of the molecule is CC(=O)Nc1cccc(NS(=O)(=O)c2ccc(OCC(N)=O)cc2)c1. The molecule has 0 saturated carbocycles. The average Bonchev–Trinajstić information content (AvgIpc) is 2.52. The van der Waals surface area contributed by atoms with Crippen LogP contribution in [0.5, 0.6) is 5.75 Å². The largest absolute Gasteiger partial charge is 0.484 e. The van der Waals surface area contributed by atoms with Gasteiger partial charge >= 0.3 is 0 Å². The zero-order chi connectivity index (χ0) is 18.4. The molecule has 25 heavy (non-hydrogen) atoms. The minimum absolute atomic E-state index is 0.0175. The Balaban J connectivity index is 2.13. The van der Waals surface area contributed by atoms with E-state index >= 15 is 0 Å². The number of primary amides is 1. The maximum Gasteiger partial charge on any atom is 0.261 e. The summed E-state index contributed by atoms with van der Waals surface area (Å²) in [6, 6.07) is 11.9. The Hall–Kier alpha value is -3.07. The van der Waals surface area contributed by atoms with Gasteiger partial charge < -0.3 is 15.8 Å². The van der Waals surface area contributed by atoms with E-state index in [1.807, 2.05) is 0 Å². The van der Waals surface area contributed by atoms with Crippen LogP contribution in [0.2, 0.25) is 0 Å². The van der Waals surface area contributed by atoms with Crippen molar-refractivity contribution in [3.05, 3.63) is 48.5 Å². The van der Waals surface area contributed by atoms with Gasteiger partial charge in [-0.25, -0.2) is 8.42 Å². The predicted molar refractivity (Wildman–Crippen MR) is 92.7 cm³/mol. The summed E-state index contributed by atoms with van der Waals surface area (Å²) in [7, 11) is -3.82. The van der Waals surface area contributed by atoms with Crippen molar-refractivity contribution in [2.45, 2.75) is 11.8 Å². The van der Waals surface area contributed by atoms with Crippen molar-refractivity contribution in [1.29, 1.82) is 0 Å². The van der Waals surface area contributed by atoms with Crippen molar-refractivity contribution in [3.8, 4) is 5.75 Å². The molecular weight excluding hydrogens is 346 g/mol. The van der Waals surface area contributed by atoms with Crippen LogP contribution in [0.15, 0.2) is 53.4 Å². The summed E-state index contributed by atoms with van der Waals surface area (Å²) >= 11 is 0. The number of anilines is 2. The normalized spacial score (nSPS) is 10.8. The first kappa shape index (κ1) is 18.3. The van der Waals surface area contributed by atoms with Crippen LogP contribution in [0, 0.1) is 0 Å². The van der Waals surface area contributed by atoms with Gasteiger partial charge in [0, 0.05) is 12.6 Å². The number of sulfonamides is 1. The average molecular weight is 363 g/mol. The van der Waals surface area contributed by atoms with Gasteiger partial charge in [-0.2, -0.15) is 0 Å². The molecule has 0 aliphatic carbocycles. The lowest BCUT2D eigenvalue weighted by molar-refractivity contribution is -0.120. The molecule has 0 radical (unpaired) electrons. The second kappa shape index (κ2) is 7.67. The first-order valence-electron chi connectivity index (χ1n) is 7.18. The standard InChI is InChI=1S/C16H17N3O5S/c1-11(20)18-12-3-2-4-13(9-12)19-25(22,23)15-7-5-14(6-8-15)24-10-16(17)21/h2-9,19H,10H2,1H3,(H2,17,21)(H,18,20). The molecule has 0 fully saturated rings. The summed E-state index contributed by atoms with van der Waals surface area (Å²) in [5.74, 6) is -0.561. The maximum absolute atomic E-state index is 12.4. The Labute approximate surface area is 145 Å². The zero-order valence-corrected chi connectivity index (χ0v) is 14.2. The van der Waals surface area contributed by atoms with Crippen molar-refractivity contribution >= 4 is 33.2 Å². The fraction of sp³-hybridized carbons (Fsp3) is 0.125. The van der Waals surface area contributed by atoms with Crippen LogP contribution in [0.25, 0.3) is 0 Å². The van der Waals surface area contributed by atoms with Gasteiger partial charge in [-0.05, 0) is 42.5 Å². The van der Waals surface area contributed by atoms with Gasteiger partial charge in [0.2, 0.25) is 5.91 Å². The third-order valence-corrected chi connectivity index (χ3v) is 4.35. The Morgan fingerprint density at radius 1 is 1.08 bits per heavy atom. The Bertz CT molecular complexity index is 879. The summed E-state index contributed by atoms with van der Waals surface area (Å²) in [6.07, 6.45) is 0. The number of hydrogen-bond acceptors (Lipinski definition) is 5. The van der Waals surface area contributed by atoms with Crippen molar-refractivity contribution in [1.82, 2.24) is 0 Å². The summed E-state index contributed by atoms with van der Waals surface area (Å²) in [5, 5.41) is 2.57. The molecule has 0 spiro atoms. The maximum atomic E-state index is 12.4. The first-order valence-corrected chi connectivity index (χ1v) is 8.66. The molecule has 0 bridgehead atoms. The molecule has 2 amide bonds. The third-order valence-electron chi connectivity index (χ3n) is 2.95. The summed E-state index contributed by atoms with van der Waals surface area (Å²) < 4.78 is 32.3. The predicted octanol–water partition coefficient (Wildman–Crippen LogP) is 1.31. The molecule has 2 aromatic carbocycles. The van der Waals surface area contributed by atoms with Crippen molar-refractivity contribution in [2.24, 2.45) is 5.73 Å². The zero-order valence-electron chi connectivity index (χ0n) is 13.4. The van der Waals surface area contributed by atoms with Gasteiger partial charge in [0.05, 0.1) is 10.6 Å². The first-order chi connectivity index (χ1) is 11.8. The second-order valence-electron chi connectivity index (χ2n) is 5.09. The van der Waals surface area contributed by atoms with E-state index in [9.17, 15) is 18.0 Å². The highest BCUT2D eigenvalue weighted by Gasteiger charge is 2.14. The van der Waals surface area contributed by atoms with Crippen LogP contribution in [-0.2, 0) is 19.6 Å². The minimum atomic E-state index is -3.82. The van der Waals surface area contributed by atoms with Gasteiger partial charge in [0.25, 0.3) is 15.9 Å². The van der Waals surface area contributed by atoms with Gasteiger partial charge in [-0.15, -0.1) is 0 Å². The fourth-order valence-corrected chi connectivity index (χ4v) is 3.00.